The number of nitrogens with zero attached hydrogens (tertiary/aromatic N) is 5. The van der Waals surface area contributed by atoms with E-state index in [1.807, 2.05) is 41.3 Å². The van der Waals surface area contributed by atoms with Crippen LogP contribution in [0.3, 0.4) is 0 Å². The molecule has 2 aromatic heterocycles. The van der Waals surface area contributed by atoms with Crippen LogP contribution < -0.4 is 9.64 Å². The molecule has 1 atom stereocenters. The number of aromatic nitrogens is 4. The number of pyridine rings is 1. The van der Waals surface area contributed by atoms with Crippen molar-refractivity contribution < 1.29 is 9.84 Å². The zero-order valence-electron chi connectivity index (χ0n) is 21.6. The molecule has 37 heavy (non-hydrogen) atoms. The van der Waals surface area contributed by atoms with Crippen LogP contribution in [0.5, 0.6) is 5.75 Å². The Kier molecular flexibility index (Phi) is 7.80. The van der Waals surface area contributed by atoms with Crippen LogP contribution in [0.15, 0.2) is 73.1 Å². The van der Waals surface area contributed by atoms with Gasteiger partial charge in [-0.1, -0.05) is 17.7 Å². The highest BCUT2D eigenvalue weighted by molar-refractivity contribution is 5.60. The number of ether oxygens (including phenoxy) is 1. The largest absolute Gasteiger partial charge is 0.494 e. The highest BCUT2D eigenvalue weighted by Crippen LogP contribution is 2.26. The second-order valence-electron chi connectivity index (χ2n) is 9.78. The highest BCUT2D eigenvalue weighted by Gasteiger charge is 2.20. The fourth-order valence-corrected chi connectivity index (χ4v) is 4.74. The van der Waals surface area contributed by atoms with Crippen molar-refractivity contribution in [1.29, 1.82) is 0 Å². The van der Waals surface area contributed by atoms with Gasteiger partial charge in [0.2, 0.25) is 0 Å². The monoisotopic (exact) mass is 497 g/mol. The summed E-state index contributed by atoms with van der Waals surface area (Å²) >= 11 is 0. The Morgan fingerprint density at radius 2 is 1.68 bits per heavy atom. The summed E-state index contributed by atoms with van der Waals surface area (Å²) in [5.74, 6) is 2.57. The average molecular weight is 498 g/mol. The average Bonchev–Trinajstić information content (AvgIpc) is 3.37. The summed E-state index contributed by atoms with van der Waals surface area (Å²) in [4.78, 5) is 11.5. The number of rotatable bonds is 9. The van der Waals surface area contributed by atoms with Crippen LogP contribution in [0.1, 0.15) is 49.2 Å². The molecule has 0 aliphatic carbocycles. The summed E-state index contributed by atoms with van der Waals surface area (Å²) in [7, 11) is 0. The van der Waals surface area contributed by atoms with Crippen molar-refractivity contribution in [3.05, 3.63) is 90.0 Å². The molecule has 192 valence electrons. The minimum atomic E-state index is -0.174. The van der Waals surface area contributed by atoms with Gasteiger partial charge in [0.1, 0.15) is 11.6 Å². The molecule has 1 N–H and O–H groups in total. The third-order valence-corrected chi connectivity index (χ3v) is 7.05. The van der Waals surface area contributed by atoms with Gasteiger partial charge in [-0.2, -0.15) is 5.10 Å². The Morgan fingerprint density at radius 3 is 2.38 bits per heavy atom. The van der Waals surface area contributed by atoms with Crippen LogP contribution in [0.4, 0.5) is 5.69 Å². The molecule has 5 rings (SSSR count). The Labute approximate surface area is 218 Å². The van der Waals surface area contributed by atoms with Gasteiger partial charge >= 0.3 is 0 Å². The van der Waals surface area contributed by atoms with Crippen LogP contribution in [0, 0.1) is 6.92 Å². The lowest BCUT2D eigenvalue weighted by Crippen LogP contribution is -2.35. The Bertz CT molecular complexity index is 1260. The molecule has 4 aromatic rings. The normalized spacial score (nSPS) is 15.1. The van der Waals surface area contributed by atoms with Crippen molar-refractivity contribution in [1.82, 2.24) is 19.7 Å². The predicted octanol–water partition coefficient (Wildman–Crippen LogP) is 5.23. The number of hydrogen-bond acceptors (Lipinski definition) is 6. The van der Waals surface area contributed by atoms with Crippen molar-refractivity contribution in [2.45, 2.75) is 51.7 Å². The number of hydrogen-bond donors (Lipinski definition) is 1. The van der Waals surface area contributed by atoms with Gasteiger partial charge in [-0.15, -0.1) is 0 Å². The molecule has 7 nitrogen and oxygen atoms in total. The van der Waals surface area contributed by atoms with Crippen molar-refractivity contribution >= 4 is 5.69 Å². The van der Waals surface area contributed by atoms with E-state index in [-0.39, 0.29) is 12.1 Å². The van der Waals surface area contributed by atoms with Gasteiger partial charge in [0.25, 0.3) is 0 Å². The van der Waals surface area contributed by atoms with E-state index in [0.29, 0.717) is 6.61 Å². The van der Waals surface area contributed by atoms with Crippen molar-refractivity contribution in [2.24, 2.45) is 0 Å². The summed E-state index contributed by atoms with van der Waals surface area (Å²) < 4.78 is 7.99. The quantitative estimate of drug-likeness (QED) is 0.319. The van der Waals surface area contributed by atoms with E-state index in [0.717, 1.165) is 67.3 Å². The van der Waals surface area contributed by atoms with Gasteiger partial charge in [0.05, 0.1) is 18.8 Å². The summed E-state index contributed by atoms with van der Waals surface area (Å²) in [6.45, 7) is 6.60. The lowest BCUT2D eigenvalue weighted by atomic mass is 10.1. The summed E-state index contributed by atoms with van der Waals surface area (Å²) in [6, 6.07) is 20.7. The molecule has 1 aliphatic rings. The van der Waals surface area contributed by atoms with Gasteiger partial charge in [0.15, 0.2) is 5.82 Å². The molecule has 0 saturated carbocycles. The standard InChI is InChI=1S/C30H35N5O2/c1-22-5-11-28(12-6-22)37-21-3-4-29-32-30(33-35(29)23(2)24-13-17-31-18-14-24)25-7-9-26(10-8-25)34-19-15-27(36)16-20-34/h5-14,17-18,23,27,36H,3-4,15-16,19-21H2,1-2H3. The zero-order chi connectivity index (χ0) is 25.6. The number of aliphatic hydroxyl groups excluding tert-OH is 1. The third kappa shape index (κ3) is 6.17. The molecule has 0 amide bonds. The second-order valence-corrected chi connectivity index (χ2v) is 9.78. The lowest BCUT2D eigenvalue weighted by Gasteiger charge is -2.31. The summed E-state index contributed by atoms with van der Waals surface area (Å²) in [6.07, 6.45) is 6.70. The minimum Gasteiger partial charge on any atom is -0.494 e. The highest BCUT2D eigenvalue weighted by atomic mass is 16.5. The van der Waals surface area contributed by atoms with E-state index >= 15 is 0 Å². The first kappa shape index (κ1) is 25.0. The summed E-state index contributed by atoms with van der Waals surface area (Å²) in [5.41, 5.74) is 4.54. The van der Waals surface area contributed by atoms with E-state index in [2.05, 4.69) is 60.1 Å². The zero-order valence-corrected chi connectivity index (χ0v) is 21.6. The van der Waals surface area contributed by atoms with Gasteiger partial charge in [-0.25, -0.2) is 9.67 Å². The maximum atomic E-state index is 9.81. The number of anilines is 1. The van der Waals surface area contributed by atoms with Gasteiger partial charge in [0, 0.05) is 43.2 Å². The number of benzene rings is 2. The van der Waals surface area contributed by atoms with Crippen molar-refractivity contribution in [3.8, 4) is 17.1 Å². The predicted molar refractivity (Wildman–Crippen MR) is 146 cm³/mol. The van der Waals surface area contributed by atoms with Crippen LogP contribution in [-0.4, -0.2) is 50.7 Å². The first-order chi connectivity index (χ1) is 18.1. The molecule has 1 fully saturated rings. The van der Waals surface area contributed by atoms with E-state index in [1.165, 1.54) is 11.3 Å². The molecular formula is C30H35N5O2. The van der Waals surface area contributed by atoms with E-state index in [1.54, 1.807) is 0 Å². The van der Waals surface area contributed by atoms with E-state index in [4.69, 9.17) is 14.8 Å². The smallest absolute Gasteiger partial charge is 0.181 e. The Balaban J connectivity index is 1.32. The fourth-order valence-electron chi connectivity index (χ4n) is 4.74. The van der Waals surface area contributed by atoms with Gasteiger partial charge < -0.3 is 14.7 Å². The Hall–Kier alpha value is -3.71. The molecule has 0 radical (unpaired) electrons. The number of piperidine rings is 1. The van der Waals surface area contributed by atoms with E-state index < -0.39 is 0 Å². The van der Waals surface area contributed by atoms with Crippen LogP contribution >= 0.6 is 0 Å². The van der Waals surface area contributed by atoms with Crippen LogP contribution in [0.2, 0.25) is 0 Å². The Morgan fingerprint density at radius 1 is 0.973 bits per heavy atom. The maximum absolute atomic E-state index is 9.81. The summed E-state index contributed by atoms with van der Waals surface area (Å²) in [5, 5.41) is 14.8. The topological polar surface area (TPSA) is 76.3 Å². The van der Waals surface area contributed by atoms with Crippen LogP contribution in [-0.2, 0) is 6.42 Å². The molecule has 7 heteroatoms. The lowest BCUT2D eigenvalue weighted by molar-refractivity contribution is 0.145. The molecular weight excluding hydrogens is 462 g/mol. The molecule has 2 aromatic carbocycles. The fraction of sp³-hybridized carbons (Fsp3) is 0.367. The van der Waals surface area contributed by atoms with Crippen LogP contribution in [0.25, 0.3) is 11.4 Å². The molecule has 1 aliphatic heterocycles. The minimum absolute atomic E-state index is 0.0383. The first-order valence-corrected chi connectivity index (χ1v) is 13.1. The first-order valence-electron chi connectivity index (χ1n) is 13.1. The van der Waals surface area contributed by atoms with Crippen molar-refractivity contribution in [3.63, 3.8) is 0 Å². The van der Waals surface area contributed by atoms with Gasteiger partial charge in [-0.05, 0) is 87.2 Å². The maximum Gasteiger partial charge on any atom is 0.181 e. The SMILES string of the molecule is Cc1ccc(OCCCc2nc(-c3ccc(N4CCC(O)CC4)cc3)nn2C(C)c2ccncc2)cc1. The molecule has 3 heterocycles. The molecule has 1 saturated heterocycles. The number of aryl methyl sites for hydroxylation is 2. The molecule has 0 bridgehead atoms. The number of aliphatic hydroxyl groups is 1. The van der Waals surface area contributed by atoms with Crippen molar-refractivity contribution in [2.75, 3.05) is 24.6 Å². The second kappa shape index (κ2) is 11.6. The third-order valence-electron chi connectivity index (χ3n) is 7.05. The van der Waals surface area contributed by atoms with E-state index in [9.17, 15) is 5.11 Å². The van der Waals surface area contributed by atoms with Gasteiger partial charge in [-0.3, -0.25) is 4.98 Å². The molecule has 0 spiro atoms. The molecule has 1 unspecified atom stereocenters.